The van der Waals surface area contributed by atoms with Crippen molar-refractivity contribution in [3.05, 3.63) is 77.9 Å². The number of aromatic hydroxyl groups is 1. The van der Waals surface area contributed by atoms with E-state index in [9.17, 15) is 54.3 Å². The molecule has 3 fully saturated rings. The molecule has 1 spiro atoms. The number of ketones is 1. The molecular formula is C60H91N5O13. The number of hydrazine groups is 1. The Balaban J connectivity index is 1.35. The third kappa shape index (κ3) is 16.7. The zero-order valence-electron chi connectivity index (χ0n) is 47.6. The number of rotatable bonds is 15. The van der Waals surface area contributed by atoms with Gasteiger partial charge in [0.2, 0.25) is 17.7 Å². The number of carbonyl (C=O) groups is 6. The number of nitrogens with zero attached hydrogens (tertiary/aromatic N) is 1. The topological polar surface area (TPSA) is 273 Å². The van der Waals surface area contributed by atoms with E-state index in [1.54, 1.807) is 51.1 Å². The number of cyclic esters (lactones) is 1. The number of aliphatic hydroxyl groups excluding tert-OH is 4. The highest BCUT2D eigenvalue weighted by Gasteiger charge is 2.57. The fraction of sp³-hybridized carbons (Fsp3) is 0.667. The summed E-state index contributed by atoms with van der Waals surface area (Å²) in [5.74, 6) is -6.33. The summed E-state index contributed by atoms with van der Waals surface area (Å²) in [6.45, 7) is 18.3. The van der Waals surface area contributed by atoms with Gasteiger partial charge in [-0.05, 0) is 93.9 Å². The number of allylic oxidation sites excluding steroid dienone is 5. The average Bonchev–Trinajstić information content (AvgIpc) is 3.51. The van der Waals surface area contributed by atoms with E-state index in [0.29, 0.717) is 49.7 Å². The van der Waals surface area contributed by atoms with Gasteiger partial charge in [-0.1, -0.05) is 110 Å². The van der Waals surface area contributed by atoms with E-state index in [2.05, 4.69) is 28.3 Å². The number of hydrogen-bond acceptors (Lipinski definition) is 14. The Morgan fingerprint density at radius 2 is 1.68 bits per heavy atom. The van der Waals surface area contributed by atoms with Crippen LogP contribution >= 0.6 is 0 Å². The molecule has 0 aromatic heterocycles. The van der Waals surface area contributed by atoms with E-state index in [4.69, 9.17) is 9.47 Å². The van der Waals surface area contributed by atoms with Crippen LogP contribution in [-0.2, 0) is 44.7 Å². The smallest absolute Gasteiger partial charge is 0.325 e. The summed E-state index contributed by atoms with van der Waals surface area (Å²) < 4.78 is 12.9. The van der Waals surface area contributed by atoms with Gasteiger partial charge in [-0.25, -0.2) is 5.43 Å². The van der Waals surface area contributed by atoms with Crippen molar-refractivity contribution in [1.29, 1.82) is 0 Å². The monoisotopic (exact) mass is 1090 g/mol. The molecule has 2 bridgehead atoms. The lowest BCUT2D eigenvalue weighted by atomic mass is 9.69. The molecule has 1 aromatic carbocycles. The molecule has 17 atom stereocenters. The van der Waals surface area contributed by atoms with E-state index in [1.165, 1.54) is 30.1 Å². The second-order valence-corrected chi connectivity index (χ2v) is 23.2. The summed E-state index contributed by atoms with van der Waals surface area (Å²) >= 11 is 0. The number of ether oxygens (including phenoxy) is 2. The summed E-state index contributed by atoms with van der Waals surface area (Å²) in [5.41, 5.74) is 3.27. The van der Waals surface area contributed by atoms with Crippen molar-refractivity contribution in [2.45, 2.75) is 200 Å². The zero-order chi connectivity index (χ0) is 57.6. The highest BCUT2D eigenvalue weighted by atomic mass is 16.5. The molecule has 78 heavy (non-hydrogen) atoms. The van der Waals surface area contributed by atoms with Crippen LogP contribution in [0.1, 0.15) is 139 Å². The number of phenolic OH excluding ortho intramolecular Hbond substituents is 1. The zero-order valence-corrected chi connectivity index (χ0v) is 47.6. The number of carbonyl (C=O) groups excluding carboxylic acids is 6. The van der Waals surface area contributed by atoms with Gasteiger partial charge in [-0.15, -0.1) is 0 Å². The van der Waals surface area contributed by atoms with Gasteiger partial charge < -0.3 is 55.8 Å². The minimum atomic E-state index is -1.43. The Kier molecular flexibility index (Phi) is 23.9. The van der Waals surface area contributed by atoms with Crippen LogP contribution in [0.4, 0.5) is 0 Å². The molecule has 18 nitrogen and oxygen atoms in total. The SMILES string of the molecule is CC[C@@H]1C[C@@H](C)C2(NC1=O)OC(C[C@H](O)[C@@H](C)CC/C=C/C=C(\C)[C@@H]1C/C=C/C=C/[C@@H](O)[C@H](C)[C@@H](O)[C@@H](CCC(C)=O)C(=O)N[C@@H](C(C)C)C(=O)N[C@@H](Cc3cccc(O)c3)C(=O)N3CCCC(N3)C(=O)O1)[C@H](C)[C@H](O)[C@@H]2C. The Morgan fingerprint density at radius 3 is 2.36 bits per heavy atom. The van der Waals surface area contributed by atoms with Crippen molar-refractivity contribution in [3.8, 4) is 5.75 Å². The lowest BCUT2D eigenvalue weighted by molar-refractivity contribution is -0.267. The number of Topliss-reactive ketones (excluding diaryl/α,β-unsaturated/α-hetero) is 1. The van der Waals surface area contributed by atoms with E-state index in [0.717, 1.165) is 6.42 Å². The minimum absolute atomic E-state index is 0.0254. The number of esters is 1. The molecule has 4 aliphatic rings. The van der Waals surface area contributed by atoms with Crippen LogP contribution < -0.4 is 21.4 Å². The molecule has 9 N–H and O–H groups in total. The van der Waals surface area contributed by atoms with E-state index < -0.39 is 102 Å². The molecule has 3 unspecified atom stereocenters. The van der Waals surface area contributed by atoms with E-state index in [-0.39, 0.29) is 79.3 Å². The maximum Gasteiger partial charge on any atom is 0.325 e. The fourth-order valence-corrected chi connectivity index (χ4v) is 11.3. The van der Waals surface area contributed by atoms with Gasteiger partial charge in [0.1, 0.15) is 41.5 Å². The first kappa shape index (κ1) is 63.6. The molecule has 434 valence electrons. The molecule has 4 amide bonds. The normalized spacial score (nSPS) is 34.9. The molecule has 0 radical (unpaired) electrons. The van der Waals surface area contributed by atoms with Crippen molar-refractivity contribution in [2.24, 2.45) is 47.3 Å². The van der Waals surface area contributed by atoms with Gasteiger partial charge in [0.15, 0.2) is 0 Å². The van der Waals surface area contributed by atoms with Crippen molar-refractivity contribution < 1.29 is 63.8 Å². The van der Waals surface area contributed by atoms with Gasteiger partial charge in [0, 0.05) is 61.8 Å². The minimum Gasteiger partial charge on any atom is -0.508 e. The Morgan fingerprint density at radius 1 is 0.949 bits per heavy atom. The molecule has 4 heterocycles. The summed E-state index contributed by atoms with van der Waals surface area (Å²) in [5, 5.41) is 66.1. The quantitative estimate of drug-likeness (QED) is 0.0786. The first-order valence-electron chi connectivity index (χ1n) is 28.4. The van der Waals surface area contributed by atoms with Crippen LogP contribution in [0.25, 0.3) is 0 Å². The summed E-state index contributed by atoms with van der Waals surface area (Å²) in [6, 6.07) is 2.90. The van der Waals surface area contributed by atoms with Gasteiger partial charge in [0.05, 0.1) is 36.4 Å². The van der Waals surface area contributed by atoms with Crippen LogP contribution in [0.15, 0.2) is 72.4 Å². The van der Waals surface area contributed by atoms with Crippen LogP contribution in [0, 0.1) is 47.3 Å². The number of aliphatic hydroxyl groups is 4. The fourth-order valence-electron chi connectivity index (χ4n) is 11.3. The Labute approximate surface area is 461 Å². The van der Waals surface area contributed by atoms with E-state index in [1.807, 2.05) is 52.8 Å². The van der Waals surface area contributed by atoms with Crippen LogP contribution in [0.5, 0.6) is 5.75 Å². The molecule has 0 aliphatic carbocycles. The standard InChI is InChI=1S/C60H91N5O13/c1-11-43-30-37(6)60(63-55(43)72)41(10)53(70)40(9)51(78-60)33-49(69)35(4)20-14-12-15-21-36(5)50-26-17-13-16-25-48(68)39(8)54(71)45(28-27-38(7)66)56(73)62-52(34(2)3)57(74)61-47(32-42-22-18-23-44(67)31-42)58(75)65-29-19-24-46(64-65)59(76)77-50/h12-13,15-18,21-23,25,31,34-35,37,39-41,43,45-54,64,67-71H,11,14,19-20,24,26-30,32-33H2,1-10H3,(H,61,74)(H,62,73)(H,63,72)/b15-12+,17-13+,25-16+,36-21+/t35-,37+,39-,40-,41-,43+,45+,46?,47-,48+,49-,50-,51?,52-,53-,54+,60?/m0/s1. The highest BCUT2D eigenvalue weighted by molar-refractivity contribution is 5.93. The first-order valence-corrected chi connectivity index (χ1v) is 28.4. The van der Waals surface area contributed by atoms with Gasteiger partial charge in [-0.2, -0.15) is 0 Å². The summed E-state index contributed by atoms with van der Waals surface area (Å²) in [6.07, 6.45) is 10.6. The van der Waals surface area contributed by atoms with Crippen molar-refractivity contribution in [3.63, 3.8) is 0 Å². The molecule has 3 saturated heterocycles. The summed E-state index contributed by atoms with van der Waals surface area (Å²) in [4.78, 5) is 82.2. The predicted molar refractivity (Wildman–Crippen MR) is 295 cm³/mol. The first-order chi connectivity index (χ1) is 36.9. The molecule has 0 saturated carbocycles. The number of hydrogen-bond donors (Lipinski definition) is 9. The Hall–Kier alpha value is -5.24. The molecule has 4 aliphatic heterocycles. The highest BCUT2D eigenvalue weighted by Crippen LogP contribution is 2.46. The van der Waals surface area contributed by atoms with Crippen LogP contribution in [0.2, 0.25) is 0 Å². The number of benzene rings is 1. The van der Waals surface area contributed by atoms with Gasteiger partial charge in [-0.3, -0.25) is 29.0 Å². The summed E-state index contributed by atoms with van der Waals surface area (Å²) in [7, 11) is 0. The van der Waals surface area contributed by atoms with E-state index >= 15 is 0 Å². The molecule has 5 rings (SSSR count). The van der Waals surface area contributed by atoms with Crippen molar-refractivity contribution in [1.82, 2.24) is 26.4 Å². The van der Waals surface area contributed by atoms with Crippen molar-refractivity contribution >= 4 is 35.4 Å². The second-order valence-electron chi connectivity index (χ2n) is 23.2. The molecular weight excluding hydrogens is 999 g/mol. The maximum atomic E-state index is 14.5. The number of fused-ring (bicyclic) bond motifs is 2. The number of nitrogens with one attached hydrogen (secondary N) is 4. The Bertz CT molecular complexity index is 2340. The third-order valence-corrected chi connectivity index (χ3v) is 16.9. The second kappa shape index (κ2) is 29.3. The molecule has 18 heteroatoms. The third-order valence-electron chi connectivity index (χ3n) is 16.9. The predicted octanol–water partition coefficient (Wildman–Crippen LogP) is 5.41. The largest absolute Gasteiger partial charge is 0.508 e. The van der Waals surface area contributed by atoms with Crippen molar-refractivity contribution in [2.75, 3.05) is 6.54 Å². The van der Waals surface area contributed by atoms with Gasteiger partial charge in [0.25, 0.3) is 5.91 Å². The van der Waals surface area contributed by atoms with Gasteiger partial charge >= 0.3 is 5.97 Å². The maximum absolute atomic E-state index is 14.5. The number of piperidine rings is 1. The van der Waals surface area contributed by atoms with Crippen LogP contribution in [-0.4, -0.2) is 133 Å². The van der Waals surface area contributed by atoms with Crippen LogP contribution in [0.3, 0.4) is 0 Å². The number of phenols is 1. The molecule has 1 aromatic rings. The number of amides is 4. The average molecular weight is 1090 g/mol. The lowest BCUT2D eigenvalue weighted by Gasteiger charge is -2.56. The lowest BCUT2D eigenvalue weighted by Crippen LogP contribution is -2.71.